The van der Waals surface area contributed by atoms with Gasteiger partial charge < -0.3 is 10.4 Å². The Morgan fingerprint density at radius 2 is 2.10 bits per heavy atom. The summed E-state index contributed by atoms with van der Waals surface area (Å²) in [6.45, 7) is 5.26. The number of aliphatic carboxylic acids is 1. The number of hydrogen-bond acceptors (Lipinski definition) is 4. The molecule has 7 nitrogen and oxygen atoms in total. The molecule has 1 aromatic heterocycles. The van der Waals surface area contributed by atoms with E-state index in [4.69, 9.17) is 0 Å². The number of nitrogens with zero attached hydrogens (tertiary/aromatic N) is 2. The highest BCUT2D eigenvalue weighted by Gasteiger charge is 2.29. The van der Waals surface area contributed by atoms with E-state index in [1.165, 1.54) is 4.57 Å². The van der Waals surface area contributed by atoms with Gasteiger partial charge in [-0.05, 0) is 20.8 Å². The van der Waals surface area contributed by atoms with Crippen molar-refractivity contribution in [1.29, 1.82) is 0 Å². The molecule has 0 saturated carbocycles. The van der Waals surface area contributed by atoms with Gasteiger partial charge in [-0.15, -0.1) is 0 Å². The van der Waals surface area contributed by atoms with Crippen LogP contribution in [0.5, 0.6) is 0 Å². The molecule has 2 unspecified atom stereocenters. The molecule has 0 aromatic carbocycles. The molecule has 1 aliphatic heterocycles. The highest BCUT2D eigenvalue weighted by molar-refractivity contribution is 5.78. The van der Waals surface area contributed by atoms with Crippen molar-refractivity contribution in [3.63, 3.8) is 0 Å². The maximum absolute atomic E-state index is 12.1. The minimum atomic E-state index is -0.969. The van der Waals surface area contributed by atoms with Gasteiger partial charge in [0.25, 0.3) is 0 Å². The minimum Gasteiger partial charge on any atom is -0.481 e. The summed E-state index contributed by atoms with van der Waals surface area (Å²) >= 11 is 0. The molecule has 1 amide bonds. The van der Waals surface area contributed by atoms with Crippen molar-refractivity contribution in [1.82, 2.24) is 14.9 Å². The Hall–Kier alpha value is -2.18. The van der Waals surface area contributed by atoms with Gasteiger partial charge in [0.1, 0.15) is 0 Å². The van der Waals surface area contributed by atoms with E-state index in [1.807, 2.05) is 0 Å². The van der Waals surface area contributed by atoms with E-state index in [9.17, 15) is 19.5 Å². The first kappa shape index (κ1) is 14.2. The molecule has 0 aliphatic carbocycles. The molecule has 20 heavy (non-hydrogen) atoms. The number of carboxylic acids is 1. The second-order valence-electron chi connectivity index (χ2n) is 5.07. The Morgan fingerprint density at radius 1 is 1.45 bits per heavy atom. The van der Waals surface area contributed by atoms with Crippen LogP contribution in [-0.4, -0.2) is 33.1 Å². The Kier molecular flexibility index (Phi) is 3.61. The van der Waals surface area contributed by atoms with Crippen molar-refractivity contribution < 1.29 is 14.7 Å². The van der Waals surface area contributed by atoms with Crippen LogP contribution in [0.15, 0.2) is 4.79 Å². The monoisotopic (exact) mass is 279 g/mol. The lowest BCUT2D eigenvalue weighted by Gasteiger charge is -2.21. The molecule has 108 valence electrons. The maximum atomic E-state index is 12.1. The third-order valence-electron chi connectivity index (χ3n) is 3.73. The predicted molar refractivity (Wildman–Crippen MR) is 70.7 cm³/mol. The number of rotatable bonds is 3. The smallest absolute Gasteiger partial charge is 0.348 e. The van der Waals surface area contributed by atoms with Crippen LogP contribution >= 0.6 is 0 Å². The topological polar surface area (TPSA) is 101 Å². The number of aryl methyl sites for hydroxylation is 1. The van der Waals surface area contributed by atoms with Gasteiger partial charge in [0, 0.05) is 29.9 Å². The quantitative estimate of drug-likeness (QED) is 0.817. The largest absolute Gasteiger partial charge is 0.481 e. The van der Waals surface area contributed by atoms with Crippen LogP contribution in [0.3, 0.4) is 0 Å². The number of carbonyl (C=O) groups excluding carboxylic acids is 1. The van der Waals surface area contributed by atoms with Crippen molar-refractivity contribution in [2.24, 2.45) is 0 Å². The number of amides is 1. The van der Waals surface area contributed by atoms with Gasteiger partial charge >= 0.3 is 11.7 Å². The lowest BCUT2D eigenvalue weighted by atomic mass is 9.97. The van der Waals surface area contributed by atoms with Crippen LogP contribution in [0, 0.1) is 13.8 Å². The van der Waals surface area contributed by atoms with Crippen LogP contribution in [0.4, 0.5) is 0 Å². The van der Waals surface area contributed by atoms with E-state index in [0.717, 1.165) is 0 Å². The van der Waals surface area contributed by atoms with Gasteiger partial charge in [-0.25, -0.2) is 4.79 Å². The molecule has 1 fully saturated rings. The van der Waals surface area contributed by atoms with Crippen molar-refractivity contribution >= 4 is 11.9 Å². The molecular weight excluding hydrogens is 262 g/mol. The van der Waals surface area contributed by atoms with E-state index in [1.54, 1.807) is 20.8 Å². The van der Waals surface area contributed by atoms with Crippen LogP contribution in [0.2, 0.25) is 0 Å². The fourth-order valence-electron chi connectivity index (χ4n) is 2.75. The van der Waals surface area contributed by atoms with E-state index < -0.39 is 17.6 Å². The average molecular weight is 279 g/mol. The molecule has 2 N–H and O–H groups in total. The fraction of sp³-hybridized carbons (Fsp3) is 0.538. The van der Waals surface area contributed by atoms with Gasteiger partial charge in [-0.1, -0.05) is 0 Å². The number of aromatic nitrogens is 2. The van der Waals surface area contributed by atoms with Crippen molar-refractivity contribution in [2.45, 2.75) is 39.2 Å². The first-order valence-corrected chi connectivity index (χ1v) is 6.42. The van der Waals surface area contributed by atoms with Gasteiger partial charge in [-0.2, -0.15) is 4.98 Å². The van der Waals surface area contributed by atoms with Crippen LogP contribution < -0.4 is 11.0 Å². The Labute approximate surface area is 115 Å². The summed E-state index contributed by atoms with van der Waals surface area (Å²) in [6, 6.07) is -0.303. The average Bonchev–Trinajstić information content (AvgIpc) is 2.74. The molecule has 0 radical (unpaired) electrons. The SMILES string of the molecule is Cc1nc(=O)n(C2CNC(=O)C2)c(C)c1C(C)C(=O)O. The maximum Gasteiger partial charge on any atom is 0.348 e. The van der Waals surface area contributed by atoms with Crippen LogP contribution in [0.25, 0.3) is 0 Å². The number of carboxylic acid groups (broad SMARTS) is 1. The van der Waals surface area contributed by atoms with Crippen molar-refractivity contribution in [3.05, 3.63) is 27.4 Å². The summed E-state index contributed by atoms with van der Waals surface area (Å²) in [7, 11) is 0. The zero-order valence-electron chi connectivity index (χ0n) is 11.6. The minimum absolute atomic E-state index is 0.116. The fourth-order valence-corrected chi connectivity index (χ4v) is 2.75. The number of nitrogens with one attached hydrogen (secondary N) is 1. The van der Waals surface area contributed by atoms with Gasteiger partial charge in [-0.3, -0.25) is 14.2 Å². The summed E-state index contributed by atoms with van der Waals surface area (Å²) in [5.41, 5.74) is 1.09. The summed E-state index contributed by atoms with van der Waals surface area (Å²) < 4.78 is 1.43. The highest BCUT2D eigenvalue weighted by atomic mass is 16.4. The lowest BCUT2D eigenvalue weighted by molar-refractivity contribution is -0.138. The highest BCUT2D eigenvalue weighted by Crippen LogP contribution is 2.24. The molecule has 0 spiro atoms. The van der Waals surface area contributed by atoms with E-state index >= 15 is 0 Å². The second kappa shape index (κ2) is 5.07. The third kappa shape index (κ3) is 2.31. The van der Waals surface area contributed by atoms with Gasteiger partial charge in [0.15, 0.2) is 0 Å². The number of hydrogen-bond donors (Lipinski definition) is 2. The first-order chi connectivity index (χ1) is 9.32. The molecule has 2 rings (SSSR count). The lowest BCUT2D eigenvalue weighted by Crippen LogP contribution is -2.33. The van der Waals surface area contributed by atoms with E-state index in [-0.39, 0.29) is 18.4 Å². The Bertz CT molecular complexity index is 635. The second-order valence-corrected chi connectivity index (χ2v) is 5.07. The molecule has 0 bridgehead atoms. The third-order valence-corrected chi connectivity index (χ3v) is 3.73. The molecule has 1 aromatic rings. The molecular formula is C13H17N3O4. The Balaban J connectivity index is 2.58. The molecule has 2 heterocycles. The van der Waals surface area contributed by atoms with Crippen molar-refractivity contribution in [2.75, 3.05) is 6.54 Å². The zero-order valence-corrected chi connectivity index (χ0v) is 11.6. The summed E-state index contributed by atoms with van der Waals surface area (Å²) in [5, 5.41) is 11.8. The molecule has 7 heteroatoms. The zero-order chi connectivity index (χ0) is 15.0. The van der Waals surface area contributed by atoms with Gasteiger partial charge in [0.05, 0.1) is 12.0 Å². The van der Waals surface area contributed by atoms with Gasteiger partial charge in [0.2, 0.25) is 5.91 Å². The summed E-state index contributed by atoms with van der Waals surface area (Å²) in [5.74, 6) is -1.84. The summed E-state index contributed by atoms with van der Waals surface area (Å²) in [4.78, 5) is 38.5. The molecule has 1 aliphatic rings. The molecule has 2 atom stereocenters. The first-order valence-electron chi connectivity index (χ1n) is 6.42. The van der Waals surface area contributed by atoms with E-state index in [2.05, 4.69) is 10.3 Å². The van der Waals surface area contributed by atoms with Crippen molar-refractivity contribution in [3.8, 4) is 0 Å². The normalized spacial score (nSPS) is 19.8. The number of carbonyl (C=O) groups is 2. The van der Waals surface area contributed by atoms with E-state index in [0.29, 0.717) is 23.5 Å². The van der Waals surface area contributed by atoms with Crippen LogP contribution in [0.1, 0.15) is 42.3 Å². The molecule has 1 saturated heterocycles. The van der Waals surface area contributed by atoms with Crippen LogP contribution in [-0.2, 0) is 9.59 Å². The standard InChI is InChI=1S/C13H17N3O4/c1-6(12(18)19)11-7(2)15-13(20)16(8(11)3)9-4-10(17)14-5-9/h6,9H,4-5H2,1-3H3,(H,14,17)(H,18,19). The Morgan fingerprint density at radius 3 is 2.60 bits per heavy atom. The summed E-state index contributed by atoms with van der Waals surface area (Å²) in [6.07, 6.45) is 0.215. The predicted octanol–water partition coefficient (Wildman–Crippen LogP) is 0.109.